The van der Waals surface area contributed by atoms with Gasteiger partial charge in [-0.3, -0.25) is 9.59 Å². The second-order valence-corrected chi connectivity index (χ2v) is 6.03. The van der Waals surface area contributed by atoms with Gasteiger partial charge in [-0.15, -0.1) is 0 Å². The predicted octanol–water partition coefficient (Wildman–Crippen LogP) is 2.55. The molecule has 0 aliphatic heterocycles. The van der Waals surface area contributed by atoms with Crippen molar-refractivity contribution in [2.75, 3.05) is 0 Å². The standard InChI is InChI=1S/C17H14ClF3N6O2/c1-9(14(26-13(22)8-28)27-16-23-3-2-4-24-16)25-15(29)10-5-11(17(19,20)21)7-12(18)6-10/h2-9H,1H3,(H,25,29)(H2,22,23,24,26,27). The van der Waals surface area contributed by atoms with Gasteiger partial charge in [-0.25, -0.2) is 15.0 Å². The minimum atomic E-state index is -4.68. The molecule has 0 fully saturated rings. The highest BCUT2D eigenvalue weighted by molar-refractivity contribution is 6.31. The average molecular weight is 427 g/mol. The van der Waals surface area contributed by atoms with E-state index in [9.17, 15) is 22.8 Å². The third kappa shape index (κ3) is 6.35. The van der Waals surface area contributed by atoms with E-state index in [2.05, 4.69) is 25.3 Å². The number of hydrogen-bond acceptors (Lipinski definition) is 5. The number of benzene rings is 1. The number of aldehydes is 1. The van der Waals surface area contributed by atoms with Gasteiger partial charge in [0.1, 0.15) is 0 Å². The third-order valence-corrected chi connectivity index (χ3v) is 3.57. The first-order chi connectivity index (χ1) is 13.6. The fourth-order valence-electron chi connectivity index (χ4n) is 2.06. The maximum atomic E-state index is 12.9. The van der Waals surface area contributed by atoms with E-state index in [1.54, 1.807) is 6.07 Å². The van der Waals surface area contributed by atoms with Crippen molar-refractivity contribution in [1.82, 2.24) is 15.3 Å². The smallest absolute Gasteiger partial charge is 0.381 e. The highest BCUT2D eigenvalue weighted by Gasteiger charge is 2.32. The van der Waals surface area contributed by atoms with E-state index in [1.807, 2.05) is 0 Å². The van der Waals surface area contributed by atoms with Crippen LogP contribution in [0.25, 0.3) is 0 Å². The van der Waals surface area contributed by atoms with Crippen molar-refractivity contribution in [2.45, 2.75) is 19.1 Å². The average Bonchev–Trinajstić information content (AvgIpc) is 2.66. The van der Waals surface area contributed by atoms with Crippen molar-refractivity contribution in [3.05, 3.63) is 52.8 Å². The number of alkyl halides is 3. The summed E-state index contributed by atoms with van der Waals surface area (Å²) in [6, 6.07) is 3.03. The van der Waals surface area contributed by atoms with E-state index in [4.69, 9.17) is 17.3 Å². The molecule has 3 N–H and O–H groups in total. The zero-order valence-electron chi connectivity index (χ0n) is 14.8. The number of halogens is 4. The summed E-state index contributed by atoms with van der Waals surface area (Å²) in [4.78, 5) is 38.7. The molecule has 0 bridgehead atoms. The Hall–Kier alpha value is -3.34. The minimum Gasteiger partial charge on any atom is -0.381 e. The maximum Gasteiger partial charge on any atom is 0.416 e. The number of carbonyl (C=O) groups is 2. The molecule has 0 radical (unpaired) electrons. The van der Waals surface area contributed by atoms with Gasteiger partial charge in [0.25, 0.3) is 11.9 Å². The van der Waals surface area contributed by atoms with Crippen LogP contribution < -0.4 is 11.1 Å². The number of nitrogens with one attached hydrogen (secondary N) is 1. The van der Waals surface area contributed by atoms with Crippen LogP contribution in [-0.2, 0) is 11.0 Å². The van der Waals surface area contributed by atoms with Crippen molar-refractivity contribution in [3.63, 3.8) is 0 Å². The van der Waals surface area contributed by atoms with Crippen LogP contribution in [0.2, 0.25) is 5.02 Å². The summed E-state index contributed by atoms with van der Waals surface area (Å²) in [5.74, 6) is -1.45. The van der Waals surface area contributed by atoms with E-state index < -0.39 is 29.5 Å². The van der Waals surface area contributed by atoms with Gasteiger partial charge in [0.05, 0.1) is 11.6 Å². The van der Waals surface area contributed by atoms with Crippen molar-refractivity contribution < 1.29 is 22.8 Å². The first-order valence-corrected chi connectivity index (χ1v) is 8.31. The van der Waals surface area contributed by atoms with Crippen molar-refractivity contribution in [1.29, 1.82) is 0 Å². The summed E-state index contributed by atoms with van der Waals surface area (Å²) < 4.78 is 38.8. The Kier molecular flexibility index (Phi) is 6.99. The maximum absolute atomic E-state index is 12.9. The molecule has 0 spiro atoms. The number of amidine groups is 2. The Morgan fingerprint density at radius 2 is 1.93 bits per heavy atom. The molecule has 12 heteroatoms. The van der Waals surface area contributed by atoms with E-state index in [-0.39, 0.29) is 28.7 Å². The van der Waals surface area contributed by atoms with Gasteiger partial charge >= 0.3 is 6.18 Å². The lowest BCUT2D eigenvalue weighted by Gasteiger charge is -2.15. The van der Waals surface area contributed by atoms with Crippen LogP contribution >= 0.6 is 11.6 Å². The molecule has 1 aromatic heterocycles. The predicted molar refractivity (Wildman–Crippen MR) is 100 cm³/mol. The number of rotatable bonds is 5. The molecular weight excluding hydrogens is 413 g/mol. The second kappa shape index (κ2) is 9.24. The molecule has 152 valence electrons. The summed E-state index contributed by atoms with van der Waals surface area (Å²) in [6.07, 6.45) is -1.59. The van der Waals surface area contributed by atoms with Gasteiger partial charge in [-0.05, 0) is 31.2 Å². The number of carbonyl (C=O) groups excluding carboxylic acids is 2. The van der Waals surface area contributed by atoms with E-state index in [0.29, 0.717) is 12.1 Å². The molecule has 1 aromatic carbocycles. The molecule has 0 aliphatic carbocycles. The molecule has 29 heavy (non-hydrogen) atoms. The van der Waals surface area contributed by atoms with Crippen molar-refractivity contribution in [2.24, 2.45) is 15.7 Å². The first-order valence-electron chi connectivity index (χ1n) is 7.93. The third-order valence-electron chi connectivity index (χ3n) is 3.35. The molecule has 0 saturated heterocycles. The van der Waals surface area contributed by atoms with Crippen LogP contribution in [0.15, 0.2) is 46.6 Å². The number of hydrogen-bond donors (Lipinski definition) is 2. The molecular formula is C17H14ClF3N6O2. The molecule has 0 aliphatic rings. The highest BCUT2D eigenvalue weighted by atomic mass is 35.5. The molecule has 0 saturated carbocycles. The van der Waals surface area contributed by atoms with Gasteiger partial charge in [0, 0.05) is 23.0 Å². The summed E-state index contributed by atoms with van der Waals surface area (Å²) in [5.41, 5.74) is 4.01. The van der Waals surface area contributed by atoms with Crippen LogP contribution in [0, 0.1) is 0 Å². The number of aliphatic imine (C=N–C) groups is 2. The number of amides is 1. The Morgan fingerprint density at radius 3 is 2.52 bits per heavy atom. The number of nitrogens with two attached hydrogens (primary N) is 1. The summed E-state index contributed by atoms with van der Waals surface area (Å²) in [7, 11) is 0. The SMILES string of the molecule is CC(NC(=O)c1cc(Cl)cc(C(F)(F)F)c1)/C(N=C(N)C=O)=N\c1ncccn1. The quantitative estimate of drug-likeness (QED) is 0.432. The zero-order valence-corrected chi connectivity index (χ0v) is 15.6. The van der Waals surface area contributed by atoms with Crippen molar-refractivity contribution in [3.8, 4) is 0 Å². The van der Waals surface area contributed by atoms with Gasteiger partial charge in [-0.1, -0.05) is 11.6 Å². The molecule has 1 heterocycles. The van der Waals surface area contributed by atoms with E-state index >= 15 is 0 Å². The molecule has 1 unspecified atom stereocenters. The highest BCUT2D eigenvalue weighted by Crippen LogP contribution is 2.31. The normalized spacial score (nSPS) is 13.7. The first kappa shape index (κ1) is 22.0. The molecule has 2 aromatic rings. The molecule has 2 rings (SSSR count). The molecule has 1 atom stereocenters. The van der Waals surface area contributed by atoms with Crippen LogP contribution in [-0.4, -0.2) is 39.9 Å². The minimum absolute atomic E-state index is 0.0202. The Labute approximate surface area is 167 Å². The fraction of sp³-hybridized carbons (Fsp3) is 0.176. The fourth-order valence-corrected chi connectivity index (χ4v) is 2.29. The Balaban J connectivity index is 2.33. The van der Waals surface area contributed by atoms with Gasteiger partial charge in [0.15, 0.2) is 18.0 Å². The van der Waals surface area contributed by atoms with Crippen LogP contribution in [0.1, 0.15) is 22.8 Å². The summed E-state index contributed by atoms with van der Waals surface area (Å²) >= 11 is 5.70. The lowest BCUT2D eigenvalue weighted by Crippen LogP contribution is -2.39. The van der Waals surface area contributed by atoms with Crippen LogP contribution in [0.3, 0.4) is 0 Å². The lowest BCUT2D eigenvalue weighted by atomic mass is 10.1. The lowest BCUT2D eigenvalue weighted by molar-refractivity contribution is -0.137. The summed E-state index contributed by atoms with van der Waals surface area (Å²) in [6.45, 7) is 1.44. The molecule has 1 amide bonds. The van der Waals surface area contributed by atoms with Crippen molar-refractivity contribution >= 4 is 41.4 Å². The van der Waals surface area contributed by atoms with E-state index in [1.165, 1.54) is 19.3 Å². The van der Waals surface area contributed by atoms with Gasteiger partial charge in [-0.2, -0.15) is 18.2 Å². The number of aromatic nitrogens is 2. The largest absolute Gasteiger partial charge is 0.416 e. The topological polar surface area (TPSA) is 123 Å². The zero-order chi connectivity index (χ0) is 21.6. The van der Waals surface area contributed by atoms with E-state index in [0.717, 1.165) is 6.07 Å². The van der Waals surface area contributed by atoms with Crippen LogP contribution in [0.5, 0.6) is 0 Å². The van der Waals surface area contributed by atoms with Gasteiger partial charge in [0.2, 0.25) is 0 Å². The Morgan fingerprint density at radius 1 is 1.28 bits per heavy atom. The summed E-state index contributed by atoms with van der Waals surface area (Å²) in [5, 5.41) is 2.17. The van der Waals surface area contributed by atoms with Crippen LogP contribution in [0.4, 0.5) is 19.1 Å². The van der Waals surface area contributed by atoms with Gasteiger partial charge < -0.3 is 11.1 Å². The monoisotopic (exact) mass is 426 g/mol. The Bertz CT molecular complexity index is 963. The molecule has 8 nitrogen and oxygen atoms in total. The second-order valence-electron chi connectivity index (χ2n) is 5.59. The number of nitrogens with zero attached hydrogens (tertiary/aromatic N) is 4.